The molecule has 13 N–H and O–H groups in total. The minimum Gasteiger partial charge on any atom is -0.495 e. The maximum atomic E-state index is 15.4. The number of benzene rings is 4. The average molecular weight is 1830 g/mol. The highest BCUT2D eigenvalue weighted by atomic mass is 35.5. The van der Waals surface area contributed by atoms with Crippen molar-refractivity contribution in [2.75, 3.05) is 75.9 Å². The van der Waals surface area contributed by atoms with Crippen LogP contribution in [0.5, 0.6) is 5.75 Å². The highest BCUT2D eigenvalue weighted by Gasteiger charge is 2.65. The number of halogens is 1. The average Bonchev–Trinajstić information content (AvgIpc) is 1.57. The number of esters is 2. The summed E-state index contributed by atoms with van der Waals surface area (Å²) < 4.78 is 30.0. The Kier molecular flexibility index (Phi) is 38.7. The van der Waals surface area contributed by atoms with Crippen molar-refractivity contribution in [3.8, 4) is 5.75 Å². The number of aliphatic hydroxyl groups excluding tert-OH is 3. The summed E-state index contributed by atoms with van der Waals surface area (Å²) in [4.78, 5) is 163. The predicted octanol–water partition coefficient (Wildman–Crippen LogP) is 6.16. The molecule has 5 aliphatic rings. The highest BCUT2D eigenvalue weighted by molar-refractivity contribution is 8.77. The molecule has 18 atom stereocenters. The van der Waals surface area contributed by atoms with Gasteiger partial charge in [-0.05, 0) is 145 Å². The van der Waals surface area contributed by atoms with E-state index in [-0.39, 0.29) is 73.9 Å². The maximum Gasteiger partial charge on any atom is 0.328 e. The molecular formula is C90H121ClN10O20S4. The number of amides is 8. The molecule has 4 heterocycles. The lowest BCUT2D eigenvalue weighted by Gasteiger charge is -2.41. The number of hydrogen-bond acceptors (Lipinski definition) is 26. The Morgan fingerprint density at radius 1 is 0.832 bits per heavy atom. The molecule has 0 radical (unpaired) electrons. The molecule has 4 aromatic rings. The number of nitrogens with two attached hydrogens (primary N) is 1. The van der Waals surface area contributed by atoms with E-state index in [1.54, 1.807) is 75.5 Å². The Morgan fingerprint density at radius 3 is 2.20 bits per heavy atom. The van der Waals surface area contributed by atoms with Crippen LogP contribution in [0.2, 0.25) is 5.02 Å². The van der Waals surface area contributed by atoms with Gasteiger partial charge in [-0.15, -0.1) is 0 Å². The number of carbonyl (C=O) groups is 11. The molecule has 0 spiro atoms. The molecule has 30 nitrogen and oxygen atoms in total. The molecule has 0 unspecified atom stereocenters. The molecule has 1 aliphatic carbocycles. The summed E-state index contributed by atoms with van der Waals surface area (Å²) in [5, 5.41) is 64.1. The van der Waals surface area contributed by atoms with Gasteiger partial charge < -0.3 is 96.9 Å². The third kappa shape index (κ3) is 28.3. The van der Waals surface area contributed by atoms with Gasteiger partial charge in [0.25, 0.3) is 0 Å². The number of hydrogen-bond donors (Lipinski definition) is 12. The summed E-state index contributed by atoms with van der Waals surface area (Å²) in [5.41, 5.74) is 8.94. The molecule has 0 saturated carbocycles. The van der Waals surface area contributed by atoms with Crippen molar-refractivity contribution in [3.63, 3.8) is 0 Å². The Labute approximate surface area is 751 Å². The molecule has 682 valence electrons. The lowest BCUT2D eigenvalue weighted by atomic mass is 9.78. The molecule has 8 amide bonds. The highest BCUT2D eigenvalue weighted by Crippen LogP contribution is 2.50. The third-order valence-electron chi connectivity index (χ3n) is 23.4. The molecule has 125 heavy (non-hydrogen) atoms. The number of unbranched alkanes of at least 4 members (excludes halogenated alkanes) is 1. The summed E-state index contributed by atoms with van der Waals surface area (Å²) in [5.74, 6) is -8.57. The van der Waals surface area contributed by atoms with Crippen molar-refractivity contribution in [1.82, 2.24) is 42.1 Å². The monoisotopic (exact) mass is 1820 g/mol. The number of fused-ring (bicyclic) bond motifs is 6. The van der Waals surface area contributed by atoms with Crippen LogP contribution in [0, 0.1) is 11.8 Å². The number of aliphatic hydroxyl groups is 4. The van der Waals surface area contributed by atoms with E-state index in [0.717, 1.165) is 55.0 Å². The van der Waals surface area contributed by atoms with Crippen LogP contribution < -0.4 is 52.6 Å². The summed E-state index contributed by atoms with van der Waals surface area (Å²) in [7, 11) is 11.0. The molecule has 3 fully saturated rings. The van der Waals surface area contributed by atoms with Gasteiger partial charge in [0.15, 0.2) is 5.78 Å². The first-order valence-corrected chi connectivity index (χ1v) is 47.7. The van der Waals surface area contributed by atoms with Crippen LogP contribution in [0.1, 0.15) is 134 Å². The largest absolute Gasteiger partial charge is 0.495 e. The van der Waals surface area contributed by atoms with Gasteiger partial charge in [-0.1, -0.05) is 177 Å². The van der Waals surface area contributed by atoms with Gasteiger partial charge in [0.1, 0.15) is 70.5 Å². The predicted molar refractivity (Wildman–Crippen MR) is 484 cm³/mol. The zero-order valence-electron chi connectivity index (χ0n) is 72.4. The number of carbonyl (C=O) groups excluding carboxylic acids is 11. The number of rotatable bonds is 31. The van der Waals surface area contributed by atoms with Crippen molar-refractivity contribution in [1.29, 1.82) is 0 Å². The van der Waals surface area contributed by atoms with E-state index >= 15 is 19.2 Å². The molecule has 4 bridgehead atoms. The number of epoxide rings is 1. The van der Waals surface area contributed by atoms with Crippen molar-refractivity contribution in [2.45, 2.75) is 228 Å². The van der Waals surface area contributed by atoms with Crippen LogP contribution in [0.4, 0.5) is 5.69 Å². The molecule has 35 heteroatoms. The number of Topliss-reactive ketones (excluding diaryl/α,β-unsaturated/α-hetero) is 1. The first kappa shape index (κ1) is 100. The van der Waals surface area contributed by atoms with E-state index in [9.17, 15) is 54.0 Å². The van der Waals surface area contributed by atoms with Gasteiger partial charge in [0.05, 0.1) is 68.7 Å². The van der Waals surface area contributed by atoms with Gasteiger partial charge in [0, 0.05) is 81.7 Å². The number of likely N-dealkylation sites (N-methyl/N-ethyl adjacent to an activating group) is 1. The van der Waals surface area contributed by atoms with Crippen LogP contribution >= 0.6 is 54.8 Å². The first-order chi connectivity index (χ1) is 59.7. The number of methoxy groups -OCH3 is 2. The summed E-state index contributed by atoms with van der Waals surface area (Å²) in [6.07, 6.45) is 1.85. The number of nitrogens with one attached hydrogen (secondary N) is 7. The Bertz CT molecular complexity index is 4500. The van der Waals surface area contributed by atoms with Crippen molar-refractivity contribution >= 4 is 131 Å². The third-order valence-corrected chi connectivity index (χ3v) is 28.7. The second kappa shape index (κ2) is 48.2. The van der Waals surface area contributed by atoms with Gasteiger partial charge in [-0.3, -0.25) is 47.9 Å². The molecular weight excluding hydrogens is 1700 g/mol. The Hall–Kier alpha value is -8.36. The SMILES string of the molecule is COc1cc2cc(c1Cl)N(C)C(=O)C[C@H](OC(=O)[C@H](C)N(C)C(=O)CCSSCCCN[C@H](Cc1ccccc1)C(=O)N[C@H]1CSSC[C@@H](C(=O)N[C@H](CO)[C@@H](C)O)NC(=O)[C@H]([C@@H](C)O)NC(=O)[C@H](CCCCN)NC(=O)[C@@H](CC3=CCc4ccccc43)NC(=O)[C@H](Cc3ccccc3)CC1=O)[C@]1(C)O[C@H]1[C@H](C)[C@@H]1C[C@@](O)(CC(=O)O1)[C@H](OC)/C=C/C=C(\C)C2. The lowest BCUT2D eigenvalue weighted by Crippen LogP contribution is -2.61. The van der Waals surface area contributed by atoms with Crippen molar-refractivity contribution in [3.05, 3.63) is 160 Å². The zero-order chi connectivity index (χ0) is 90.8. The van der Waals surface area contributed by atoms with E-state index in [0.29, 0.717) is 67.2 Å². The summed E-state index contributed by atoms with van der Waals surface area (Å²) in [6.45, 7) is 9.39. The van der Waals surface area contributed by atoms with Crippen molar-refractivity contribution < 1.29 is 96.9 Å². The van der Waals surface area contributed by atoms with E-state index in [4.69, 9.17) is 41.0 Å². The van der Waals surface area contributed by atoms with Gasteiger partial charge >= 0.3 is 11.9 Å². The molecule has 4 aliphatic heterocycles. The normalized spacial score (nSPS) is 26.9. The van der Waals surface area contributed by atoms with Gasteiger partial charge in [0.2, 0.25) is 47.3 Å². The van der Waals surface area contributed by atoms with E-state index in [1.165, 1.54) is 73.4 Å². The van der Waals surface area contributed by atoms with Crippen LogP contribution in [-0.4, -0.2) is 257 Å². The van der Waals surface area contributed by atoms with Crippen molar-refractivity contribution in [2.24, 2.45) is 17.6 Å². The molecule has 4 aromatic carbocycles. The second-order valence-electron chi connectivity index (χ2n) is 32.9. The minimum atomic E-state index is -1.71. The van der Waals surface area contributed by atoms with Crippen LogP contribution in [0.15, 0.2) is 127 Å². The fourth-order valence-electron chi connectivity index (χ4n) is 15.7. The number of anilines is 1. The Balaban J connectivity index is 0.890. The number of ketones is 1. The van der Waals surface area contributed by atoms with Crippen LogP contribution in [-0.2, 0) is 97.4 Å². The lowest BCUT2D eigenvalue weighted by molar-refractivity contribution is -0.187. The maximum absolute atomic E-state index is 15.4. The number of allylic oxidation sites excluding steroid dienone is 4. The number of ether oxygens (including phenoxy) is 5. The van der Waals surface area contributed by atoms with E-state index in [1.807, 2.05) is 73.7 Å². The number of nitrogens with zero attached hydrogens (tertiary/aromatic N) is 2. The van der Waals surface area contributed by atoms with Gasteiger partial charge in [-0.25, -0.2) is 4.79 Å². The fraction of sp³-hybridized carbons (Fsp3) is 0.544. The van der Waals surface area contributed by atoms with Gasteiger partial charge in [-0.2, -0.15) is 0 Å². The van der Waals surface area contributed by atoms with E-state index < -0.39 is 187 Å². The topological polar surface area (TPSA) is 435 Å². The standard InChI is InChI=1S/C90H121ClN10O20S4/c1-52-23-21-31-74(118-10)90(116)47-73(119-78(108)48-90)53(2)81-89(6,121-81)75(46-77(107)101(8)70-42-59(39-52)43-72(117-9)79(70)91)120-88(115)54(3)100(7)76(106)34-38-123-122-37-22-36-93-65(41-58-26-15-12-16-27-58)84(111)97-68-50-124-125-51-69(86(113)96-67(49-102)55(4)103)98-87(114)80(56(5)104)99-83(110)64(30-19-20-35-92)94-85(112)66(44-61-33-32-60-28-17-18-29-63(60)61)95-82(109)62(45-71(68)105)40-57-24-13-11-14-25-57/h11-18,21,23-29,31,33,42-43,53-56,62,64-69,73-75,80-81,93,102-104,116H,19-20,22,30,32,34-41,44-51,92H2,1-10H3,(H,94,112)(H,95,109)(H,96,113)(H,97,111)(H,98,114)(H,99,110)/b31-21+,52-23+/t53-,54+,55-,56-,62-,64+,65-,66-,67-,68+,69+,73+,74-,75+,80+,81+,89+,90-/m1/s1. The van der Waals surface area contributed by atoms with Crippen LogP contribution in [0.25, 0.3) is 5.57 Å². The second-order valence-corrected chi connectivity index (χ2v) is 38.5. The molecule has 0 aromatic heterocycles. The Morgan fingerprint density at radius 2 is 1.51 bits per heavy atom. The first-order valence-electron chi connectivity index (χ1n) is 42.3. The zero-order valence-corrected chi connectivity index (χ0v) is 76.5. The smallest absolute Gasteiger partial charge is 0.328 e. The fourth-order valence-corrected chi connectivity index (χ4v) is 20.4. The van der Waals surface area contributed by atoms with E-state index in [2.05, 4.69) is 37.2 Å². The minimum absolute atomic E-state index is 0.0128. The molecule has 3 saturated heterocycles. The quantitative estimate of drug-likeness (QED) is 0.0116. The molecule has 9 rings (SSSR count). The van der Waals surface area contributed by atoms with Crippen LogP contribution in [0.3, 0.4) is 0 Å². The summed E-state index contributed by atoms with van der Waals surface area (Å²) in [6, 6.07) is 18.9. The summed E-state index contributed by atoms with van der Waals surface area (Å²) >= 11 is 6.92.